The van der Waals surface area contributed by atoms with E-state index < -0.39 is 9.84 Å². The Labute approximate surface area is 220 Å². The molecule has 37 heavy (non-hydrogen) atoms. The van der Waals surface area contributed by atoms with Crippen LogP contribution in [0.25, 0.3) is 5.65 Å². The quantitative estimate of drug-likeness (QED) is 0.328. The monoisotopic (exact) mass is 535 g/mol. The van der Waals surface area contributed by atoms with Crippen LogP contribution in [0.1, 0.15) is 47.9 Å². The summed E-state index contributed by atoms with van der Waals surface area (Å²) in [7, 11) is -3.41. The van der Waals surface area contributed by atoms with Crippen molar-refractivity contribution in [2.24, 2.45) is 5.92 Å². The lowest BCUT2D eigenvalue weighted by Gasteiger charge is -2.08. The van der Waals surface area contributed by atoms with E-state index in [4.69, 9.17) is 11.6 Å². The molecule has 2 N–H and O–H groups in total. The van der Waals surface area contributed by atoms with Crippen molar-refractivity contribution < 1.29 is 13.2 Å². The molecule has 8 nitrogen and oxygen atoms in total. The lowest BCUT2D eigenvalue weighted by Crippen LogP contribution is -2.15. The second-order valence-corrected chi connectivity index (χ2v) is 12.3. The maximum absolute atomic E-state index is 12.8. The topological polar surface area (TPSA) is 105 Å². The van der Waals surface area contributed by atoms with E-state index in [-0.39, 0.29) is 22.6 Å². The molecule has 2 saturated carbocycles. The van der Waals surface area contributed by atoms with Gasteiger partial charge in [0.05, 0.1) is 12.2 Å². The number of aromatic nitrogens is 3. The lowest BCUT2D eigenvalue weighted by molar-refractivity contribution is -0.117. The SMILES string of the molecule is CS(=O)(=O)c1cc(C2CC2)cn2cc(CNc3ccnc(NC(=O)[C@H]4C[C@@H]4c4cccc(Cl)c4)c3)nc12. The molecule has 3 heterocycles. The first kappa shape index (κ1) is 23.9. The van der Waals surface area contributed by atoms with Crippen molar-refractivity contribution in [3.8, 4) is 0 Å². The average Bonchev–Trinajstić information content (AvgIpc) is 3.78. The molecule has 4 aromatic rings. The number of anilines is 2. The van der Waals surface area contributed by atoms with Gasteiger partial charge < -0.3 is 15.0 Å². The van der Waals surface area contributed by atoms with Crippen LogP contribution in [0.15, 0.2) is 66.0 Å². The molecule has 0 spiro atoms. The minimum atomic E-state index is -3.41. The maximum atomic E-state index is 12.8. The van der Waals surface area contributed by atoms with Crippen molar-refractivity contribution in [3.63, 3.8) is 0 Å². The van der Waals surface area contributed by atoms with Crippen molar-refractivity contribution in [3.05, 3.63) is 82.9 Å². The van der Waals surface area contributed by atoms with Gasteiger partial charge in [-0.15, -0.1) is 0 Å². The number of carbonyl (C=O) groups is 1. The zero-order chi connectivity index (χ0) is 25.7. The van der Waals surface area contributed by atoms with E-state index in [1.54, 1.807) is 18.3 Å². The van der Waals surface area contributed by atoms with E-state index >= 15 is 0 Å². The van der Waals surface area contributed by atoms with Crippen molar-refractivity contribution in [1.82, 2.24) is 14.4 Å². The molecule has 3 aromatic heterocycles. The number of nitrogens with one attached hydrogen (secondary N) is 2. The number of halogens is 1. The van der Waals surface area contributed by atoms with Gasteiger partial charge in [-0.3, -0.25) is 4.79 Å². The number of fused-ring (bicyclic) bond motifs is 1. The molecule has 0 bridgehead atoms. The molecule has 0 unspecified atom stereocenters. The van der Waals surface area contributed by atoms with Gasteiger partial charge in [-0.1, -0.05) is 23.7 Å². The first-order valence-electron chi connectivity index (χ1n) is 12.2. The van der Waals surface area contributed by atoms with Crippen LogP contribution in [0.2, 0.25) is 5.02 Å². The van der Waals surface area contributed by atoms with Crippen molar-refractivity contribution in [2.75, 3.05) is 16.9 Å². The zero-order valence-electron chi connectivity index (χ0n) is 20.2. The van der Waals surface area contributed by atoms with Crippen LogP contribution in [0.4, 0.5) is 11.5 Å². The van der Waals surface area contributed by atoms with Gasteiger partial charge in [0.1, 0.15) is 10.7 Å². The Morgan fingerprint density at radius 2 is 1.97 bits per heavy atom. The van der Waals surface area contributed by atoms with Crippen LogP contribution in [0, 0.1) is 5.92 Å². The van der Waals surface area contributed by atoms with Gasteiger partial charge in [0, 0.05) is 47.5 Å². The molecular weight excluding hydrogens is 510 g/mol. The summed E-state index contributed by atoms with van der Waals surface area (Å²) in [4.78, 5) is 21.9. The van der Waals surface area contributed by atoms with E-state index in [0.29, 0.717) is 34.6 Å². The molecule has 2 aliphatic carbocycles. The Kier molecular flexibility index (Phi) is 5.92. The molecule has 0 radical (unpaired) electrons. The Balaban J connectivity index is 1.13. The number of nitrogens with zero attached hydrogens (tertiary/aromatic N) is 3. The highest BCUT2D eigenvalue weighted by Gasteiger charge is 2.44. The third-order valence-electron chi connectivity index (χ3n) is 6.93. The number of imidazole rings is 1. The van der Waals surface area contributed by atoms with E-state index in [9.17, 15) is 13.2 Å². The first-order valence-corrected chi connectivity index (χ1v) is 14.5. The molecule has 1 aromatic carbocycles. The minimum absolute atomic E-state index is 0.0604. The number of carbonyl (C=O) groups excluding carboxylic acids is 1. The summed E-state index contributed by atoms with van der Waals surface area (Å²) in [6.45, 7) is 0.389. The average molecular weight is 536 g/mol. The molecule has 2 atom stereocenters. The highest BCUT2D eigenvalue weighted by Crippen LogP contribution is 2.48. The summed E-state index contributed by atoms with van der Waals surface area (Å²) < 4.78 is 26.6. The fourth-order valence-corrected chi connectivity index (χ4v) is 5.78. The summed E-state index contributed by atoms with van der Waals surface area (Å²) in [6, 6.07) is 13.0. The standard InChI is InChI=1S/C27H26ClN5O3S/c1-37(35,36)24-10-18(16-5-6-16)14-33-15-21(31-26(24)33)13-30-20-7-8-29-25(11-20)32-27(34)23-12-22(23)17-3-2-4-19(28)9-17/h2-4,7-11,14-16,22-23H,5-6,12-13H2,1H3,(H2,29,30,32,34)/t22-,23+/m1/s1. The molecule has 0 aliphatic heterocycles. The van der Waals surface area contributed by atoms with E-state index in [0.717, 1.165) is 36.1 Å². The van der Waals surface area contributed by atoms with Gasteiger partial charge >= 0.3 is 0 Å². The highest BCUT2D eigenvalue weighted by molar-refractivity contribution is 7.91. The van der Waals surface area contributed by atoms with Crippen LogP contribution in [0.3, 0.4) is 0 Å². The Bertz CT molecular complexity index is 1630. The first-order chi connectivity index (χ1) is 17.7. The second kappa shape index (κ2) is 9.15. The molecule has 2 aliphatic rings. The van der Waals surface area contributed by atoms with E-state index in [2.05, 4.69) is 20.6 Å². The number of benzene rings is 1. The van der Waals surface area contributed by atoms with Gasteiger partial charge in [0.2, 0.25) is 5.91 Å². The third-order valence-corrected chi connectivity index (χ3v) is 8.26. The number of sulfone groups is 1. The van der Waals surface area contributed by atoms with Gasteiger partial charge in [0.25, 0.3) is 0 Å². The van der Waals surface area contributed by atoms with Crippen LogP contribution in [0.5, 0.6) is 0 Å². The minimum Gasteiger partial charge on any atom is -0.379 e. The van der Waals surface area contributed by atoms with E-state index in [1.165, 1.54) is 6.26 Å². The predicted molar refractivity (Wildman–Crippen MR) is 143 cm³/mol. The van der Waals surface area contributed by atoms with Crippen molar-refractivity contribution in [2.45, 2.75) is 42.5 Å². The summed E-state index contributed by atoms with van der Waals surface area (Å²) in [6.07, 6.45) is 9.64. The van der Waals surface area contributed by atoms with Crippen molar-refractivity contribution in [1.29, 1.82) is 0 Å². The largest absolute Gasteiger partial charge is 0.379 e. The summed E-state index contributed by atoms with van der Waals surface area (Å²) in [5, 5.41) is 6.89. The Hall–Kier alpha value is -3.43. The predicted octanol–water partition coefficient (Wildman–Crippen LogP) is 5.02. The van der Waals surface area contributed by atoms with Crippen LogP contribution in [-0.4, -0.2) is 34.9 Å². The van der Waals surface area contributed by atoms with Gasteiger partial charge in [0.15, 0.2) is 15.5 Å². The number of pyridine rings is 2. The number of amides is 1. The zero-order valence-corrected chi connectivity index (χ0v) is 21.8. The lowest BCUT2D eigenvalue weighted by atomic mass is 10.1. The molecule has 2 fully saturated rings. The van der Waals surface area contributed by atoms with Crippen LogP contribution in [-0.2, 0) is 21.2 Å². The number of rotatable bonds is 8. The van der Waals surface area contributed by atoms with E-state index in [1.807, 2.05) is 47.1 Å². The molecule has 10 heteroatoms. The molecule has 0 saturated heterocycles. The van der Waals surface area contributed by atoms with Gasteiger partial charge in [-0.25, -0.2) is 18.4 Å². The van der Waals surface area contributed by atoms with Crippen LogP contribution >= 0.6 is 11.6 Å². The number of hydrogen-bond acceptors (Lipinski definition) is 6. The van der Waals surface area contributed by atoms with Gasteiger partial charge in [-0.2, -0.15) is 0 Å². The van der Waals surface area contributed by atoms with Crippen molar-refractivity contribution >= 4 is 44.5 Å². The smallest absolute Gasteiger partial charge is 0.229 e. The normalized spacial score (nSPS) is 19.1. The highest BCUT2D eigenvalue weighted by atomic mass is 35.5. The summed E-state index contributed by atoms with van der Waals surface area (Å²) in [5.74, 6) is 0.910. The summed E-state index contributed by atoms with van der Waals surface area (Å²) in [5.41, 5.74) is 4.03. The van der Waals surface area contributed by atoms with Gasteiger partial charge in [-0.05, 0) is 66.5 Å². The summed E-state index contributed by atoms with van der Waals surface area (Å²) >= 11 is 6.09. The molecular formula is C27H26ClN5O3S. The Morgan fingerprint density at radius 3 is 2.73 bits per heavy atom. The third kappa shape index (κ3) is 5.19. The molecule has 6 rings (SSSR count). The van der Waals surface area contributed by atoms with Crippen LogP contribution < -0.4 is 10.6 Å². The molecule has 1 amide bonds. The molecule has 190 valence electrons. The maximum Gasteiger partial charge on any atom is 0.229 e. The number of hydrogen-bond donors (Lipinski definition) is 2. The Morgan fingerprint density at radius 1 is 1.14 bits per heavy atom. The fourth-order valence-electron chi connectivity index (χ4n) is 4.75. The second-order valence-electron chi connectivity index (χ2n) is 9.92. The fraction of sp³-hybridized carbons (Fsp3) is 0.296.